The maximum absolute atomic E-state index is 13.4. The smallest absolute Gasteiger partial charge is 0.206 e. The number of carbonyl (C=O) groups is 1. The first kappa shape index (κ1) is 29.6. The van der Waals surface area contributed by atoms with Crippen LogP contribution in [0, 0.1) is 40.4 Å². The number of Topliss-reactive ketones (excluding diaryl/α,β-unsaturated/α-hetero) is 1. The van der Waals surface area contributed by atoms with E-state index < -0.39 is 14.4 Å². The van der Waals surface area contributed by atoms with Crippen LogP contribution in [0.1, 0.15) is 69.1 Å². The topological polar surface area (TPSA) is 59.1 Å². The summed E-state index contributed by atoms with van der Waals surface area (Å²) in [5.41, 5.74) is 3.52. The number of carbonyl (C=O) groups excluding carboxylic acids is 1. The van der Waals surface area contributed by atoms with Gasteiger partial charge in [0.1, 0.15) is 17.5 Å². The van der Waals surface area contributed by atoms with Crippen LogP contribution in [0.4, 0.5) is 0 Å². The molecule has 3 aromatic rings. The number of rotatable bonds is 8. The van der Waals surface area contributed by atoms with Crippen molar-refractivity contribution in [1.29, 1.82) is 0 Å². The zero-order valence-corrected chi connectivity index (χ0v) is 28.3. The maximum Gasteiger partial charge on any atom is 0.206 e. The van der Waals surface area contributed by atoms with E-state index in [0.717, 1.165) is 56.7 Å². The van der Waals surface area contributed by atoms with Crippen LogP contribution in [-0.4, -0.2) is 43.1 Å². The van der Waals surface area contributed by atoms with Crippen LogP contribution in [0.3, 0.4) is 0 Å². The van der Waals surface area contributed by atoms with E-state index in [1.54, 1.807) is 0 Å². The van der Waals surface area contributed by atoms with Crippen molar-refractivity contribution >= 4 is 14.1 Å². The minimum absolute atomic E-state index is 0.0152. The standard InChI is InChI=1S/C41H48O4Si/c1-39-20-19-33-34(35(39)31-22-32(31)37(39)43)36(42)38-41(44-38)23-30(18-21-40(33,41)2)45-46(24-27-12-6-3-7-13-27,25-28-14-8-4-9-15-28)26-29-16-10-5-11-17-29/h3-17,30-36,38,42H,18-26H2,1-2H3/t30-,31+,32-,33-,34+,35-,36+,38+,39-,40+,41+/m0/s1. The van der Waals surface area contributed by atoms with Crippen molar-refractivity contribution in [3.8, 4) is 0 Å². The molecule has 0 radical (unpaired) electrons. The van der Waals surface area contributed by atoms with Gasteiger partial charge in [-0.2, -0.15) is 0 Å². The van der Waals surface area contributed by atoms with Gasteiger partial charge < -0.3 is 14.3 Å². The molecule has 46 heavy (non-hydrogen) atoms. The average Bonchev–Trinajstić information content (AvgIpc) is 3.98. The van der Waals surface area contributed by atoms with Gasteiger partial charge in [0.25, 0.3) is 0 Å². The maximum atomic E-state index is 13.4. The summed E-state index contributed by atoms with van der Waals surface area (Å²) in [5.74, 6) is 2.19. The number of epoxide rings is 1. The molecule has 0 unspecified atom stereocenters. The van der Waals surface area contributed by atoms with Gasteiger partial charge in [0.2, 0.25) is 8.32 Å². The Kier molecular flexibility index (Phi) is 6.72. The predicted octanol–water partition coefficient (Wildman–Crippen LogP) is 7.23. The number of aliphatic hydroxyl groups is 1. The lowest BCUT2D eigenvalue weighted by molar-refractivity contribution is -0.158. The Morgan fingerprint density at radius 2 is 1.39 bits per heavy atom. The molecule has 1 N–H and O–H groups in total. The Balaban J connectivity index is 1.04. The Hall–Kier alpha value is -2.57. The Morgan fingerprint density at radius 3 is 1.96 bits per heavy atom. The molecule has 6 aliphatic rings. The molecule has 1 spiro atoms. The van der Waals surface area contributed by atoms with Crippen LogP contribution < -0.4 is 0 Å². The highest BCUT2D eigenvalue weighted by Gasteiger charge is 2.81. The molecule has 0 bridgehead atoms. The highest BCUT2D eigenvalue weighted by Crippen LogP contribution is 2.76. The molecule has 240 valence electrons. The molecule has 1 saturated heterocycles. The molecular formula is C41H48O4Si. The second-order valence-electron chi connectivity index (χ2n) is 16.5. The van der Waals surface area contributed by atoms with Gasteiger partial charge in [0, 0.05) is 29.3 Å². The van der Waals surface area contributed by atoms with Crippen molar-refractivity contribution in [2.24, 2.45) is 40.4 Å². The summed E-state index contributed by atoms with van der Waals surface area (Å²) in [6, 6.07) is 35.8. The Bertz CT molecular complexity index is 1510. The van der Waals surface area contributed by atoms with Gasteiger partial charge in [0.15, 0.2) is 0 Å². The van der Waals surface area contributed by atoms with E-state index in [2.05, 4.69) is 105 Å². The number of ether oxygens (including phenoxy) is 1. The van der Waals surface area contributed by atoms with Gasteiger partial charge in [-0.15, -0.1) is 0 Å². The first-order chi connectivity index (χ1) is 22.3. The molecule has 6 fully saturated rings. The zero-order chi connectivity index (χ0) is 31.3. The molecule has 5 aliphatic carbocycles. The molecule has 9 rings (SSSR count). The molecule has 3 aromatic carbocycles. The number of fused-ring (bicyclic) bond motifs is 6. The minimum atomic E-state index is -2.45. The highest BCUT2D eigenvalue weighted by molar-refractivity contribution is 6.72. The largest absolute Gasteiger partial charge is 0.413 e. The molecule has 4 nitrogen and oxygen atoms in total. The molecule has 11 atom stereocenters. The van der Waals surface area contributed by atoms with Crippen LogP contribution in [0.25, 0.3) is 0 Å². The fourth-order valence-corrected chi connectivity index (χ4v) is 16.4. The molecule has 1 aliphatic heterocycles. The fourth-order valence-electron chi connectivity index (χ4n) is 11.9. The van der Waals surface area contributed by atoms with Gasteiger partial charge in [-0.1, -0.05) is 105 Å². The van der Waals surface area contributed by atoms with Gasteiger partial charge in [-0.3, -0.25) is 4.79 Å². The summed E-state index contributed by atoms with van der Waals surface area (Å²) in [7, 11) is -2.45. The van der Waals surface area contributed by atoms with Gasteiger partial charge in [-0.25, -0.2) is 0 Å². The van der Waals surface area contributed by atoms with Crippen LogP contribution >= 0.6 is 0 Å². The van der Waals surface area contributed by atoms with Gasteiger partial charge >= 0.3 is 0 Å². The number of ketones is 1. The van der Waals surface area contributed by atoms with Gasteiger partial charge in [0.05, 0.1) is 6.10 Å². The molecule has 0 aromatic heterocycles. The first-order valence-electron chi connectivity index (χ1n) is 18.0. The second-order valence-corrected chi connectivity index (χ2v) is 20.2. The summed E-state index contributed by atoms with van der Waals surface area (Å²) >= 11 is 0. The molecule has 5 saturated carbocycles. The number of aliphatic hydroxyl groups excluding tert-OH is 1. The predicted molar refractivity (Wildman–Crippen MR) is 181 cm³/mol. The monoisotopic (exact) mass is 632 g/mol. The van der Waals surface area contributed by atoms with Crippen molar-refractivity contribution in [2.45, 2.75) is 94.4 Å². The lowest BCUT2D eigenvalue weighted by atomic mass is 9.44. The average molecular weight is 633 g/mol. The molecule has 0 amide bonds. The third-order valence-electron chi connectivity index (χ3n) is 14.1. The summed E-state index contributed by atoms with van der Waals surface area (Å²) in [5, 5.41) is 12.1. The van der Waals surface area contributed by atoms with Gasteiger partial charge in [-0.05, 0) is 90.6 Å². The van der Waals surface area contributed by atoms with E-state index in [9.17, 15) is 9.90 Å². The lowest BCUT2D eigenvalue weighted by Crippen LogP contribution is -2.64. The zero-order valence-electron chi connectivity index (χ0n) is 27.3. The number of hydrogen-bond donors (Lipinski definition) is 1. The van der Waals surface area contributed by atoms with E-state index in [4.69, 9.17) is 9.16 Å². The van der Waals surface area contributed by atoms with Crippen LogP contribution in [0.15, 0.2) is 91.0 Å². The summed E-state index contributed by atoms with van der Waals surface area (Å²) in [4.78, 5) is 13.4. The minimum Gasteiger partial charge on any atom is -0.413 e. The van der Waals surface area contributed by atoms with Crippen LogP contribution in [-0.2, 0) is 32.1 Å². The van der Waals surface area contributed by atoms with Crippen LogP contribution in [0.2, 0.25) is 0 Å². The quantitative estimate of drug-likeness (QED) is 0.210. The second kappa shape index (κ2) is 10.5. The van der Waals surface area contributed by atoms with Crippen molar-refractivity contribution in [2.75, 3.05) is 0 Å². The van der Waals surface area contributed by atoms with Crippen molar-refractivity contribution in [3.05, 3.63) is 108 Å². The highest BCUT2D eigenvalue weighted by atomic mass is 28.4. The van der Waals surface area contributed by atoms with Crippen molar-refractivity contribution in [3.63, 3.8) is 0 Å². The third-order valence-corrected chi connectivity index (χ3v) is 18.1. The lowest BCUT2D eigenvalue weighted by Gasteiger charge is -2.60. The summed E-state index contributed by atoms with van der Waals surface area (Å²) in [6.07, 6.45) is 5.54. The van der Waals surface area contributed by atoms with E-state index in [0.29, 0.717) is 23.5 Å². The molecule has 1 heterocycles. The van der Waals surface area contributed by atoms with E-state index >= 15 is 0 Å². The third kappa shape index (κ3) is 4.37. The Labute approximate surface area is 275 Å². The normalized spacial score (nSPS) is 41.8. The fraction of sp³-hybridized carbons (Fsp3) is 0.537. The van der Waals surface area contributed by atoms with E-state index in [-0.39, 0.29) is 40.5 Å². The van der Waals surface area contributed by atoms with E-state index in [1.807, 2.05) is 0 Å². The van der Waals surface area contributed by atoms with Crippen molar-refractivity contribution < 1.29 is 19.1 Å². The number of hydrogen-bond acceptors (Lipinski definition) is 4. The summed E-state index contributed by atoms with van der Waals surface area (Å²) < 4.78 is 14.5. The first-order valence-corrected chi connectivity index (χ1v) is 20.5. The van der Waals surface area contributed by atoms with Crippen LogP contribution in [0.5, 0.6) is 0 Å². The molecule has 5 heteroatoms. The molecular weight excluding hydrogens is 585 g/mol. The Morgan fingerprint density at radius 1 is 0.826 bits per heavy atom. The van der Waals surface area contributed by atoms with E-state index in [1.165, 1.54) is 16.7 Å². The SMILES string of the molecule is C[C@]12CC[C@H]3[C@@H]([C@@H](O)[C@H]4O[C@]45C[C@@H](O[Si](Cc4ccccc4)(Cc4ccccc4)Cc4ccccc4)CC[C@]35C)[C@@H]1[C@@H]1C[C@@H]1C2=O. The van der Waals surface area contributed by atoms with Crippen molar-refractivity contribution in [1.82, 2.24) is 0 Å². The summed E-state index contributed by atoms with van der Waals surface area (Å²) in [6.45, 7) is 4.72. The number of benzene rings is 3.